The number of aliphatic hydroxyl groups excluding tert-OH is 1. The molecule has 2 aliphatic heterocycles. The van der Waals surface area contributed by atoms with Gasteiger partial charge in [0.2, 0.25) is 11.8 Å². The number of carbonyl (C=O) groups is 4. The summed E-state index contributed by atoms with van der Waals surface area (Å²) in [5.41, 5.74) is 4.45. The number of likely N-dealkylation sites (tertiary alicyclic amines) is 1. The van der Waals surface area contributed by atoms with E-state index in [1.807, 2.05) is 0 Å². The smallest absolute Gasteiger partial charge is 0.267 e. The average molecular weight is 587 g/mol. The molecular weight excluding hydrogens is 550 g/mol. The van der Waals surface area contributed by atoms with Crippen molar-refractivity contribution in [2.75, 3.05) is 18.9 Å². The molecule has 0 unspecified atom stereocenters. The Bertz CT molecular complexity index is 1310. The first-order valence-corrected chi connectivity index (χ1v) is 13.2. The maximum atomic E-state index is 14.5. The molecule has 5 N–H and O–H groups in total. The third-order valence-electron chi connectivity index (χ3n) is 6.98. The lowest BCUT2D eigenvalue weighted by Gasteiger charge is -2.30. The zero-order valence-electron chi connectivity index (χ0n) is 22.4. The summed E-state index contributed by atoms with van der Waals surface area (Å²) >= 11 is 0. The van der Waals surface area contributed by atoms with E-state index in [2.05, 4.69) is 26.5 Å². The largest absolute Gasteiger partial charge is 0.388 e. The Kier molecular flexibility index (Phi) is 10.7. The lowest BCUT2D eigenvalue weighted by molar-refractivity contribution is -0.147. The molecule has 1 fully saturated rings. The Labute approximate surface area is 242 Å². The number of amides is 4. The van der Waals surface area contributed by atoms with Crippen molar-refractivity contribution in [1.82, 2.24) is 21.0 Å². The van der Waals surface area contributed by atoms with Crippen LogP contribution in [0.2, 0.25) is 0 Å². The minimum absolute atomic E-state index is 0. The highest BCUT2D eigenvalue weighted by Gasteiger charge is 2.51. The van der Waals surface area contributed by atoms with E-state index in [1.165, 1.54) is 0 Å². The summed E-state index contributed by atoms with van der Waals surface area (Å²) in [7, 11) is 1.76. The molecule has 1 saturated heterocycles. The topological polar surface area (TPSA) is 152 Å². The van der Waals surface area contributed by atoms with Crippen molar-refractivity contribution in [2.24, 2.45) is 5.10 Å². The van der Waals surface area contributed by atoms with Crippen LogP contribution < -0.4 is 21.4 Å². The highest BCUT2D eigenvalue weighted by atomic mass is 19.3. The molecule has 11 nitrogen and oxygen atoms in total. The SMILES string of the molecule is C.CNc1ccc(CNC(=O)[C@@H]2CC(F)(F)CN2C(=O)[C@@H](O)[C@H](Cc2ccccc2)NC(=O)C2=NNC(=O)CC2)cc1. The van der Waals surface area contributed by atoms with Gasteiger partial charge in [0.05, 0.1) is 12.6 Å². The number of benzene rings is 2. The van der Waals surface area contributed by atoms with Crippen molar-refractivity contribution < 1.29 is 33.1 Å². The van der Waals surface area contributed by atoms with Gasteiger partial charge in [-0.1, -0.05) is 49.9 Å². The molecule has 0 aromatic heterocycles. The molecule has 4 rings (SSSR count). The monoisotopic (exact) mass is 586 g/mol. The Morgan fingerprint density at radius 1 is 1.10 bits per heavy atom. The standard InChI is InChI=1S/C28H32F2N6O5.CH4/c1-31-19-9-7-18(8-10-19)15-32-26(40)22-14-28(29,30)16-36(22)27(41)24(38)21(13-17-5-3-2-4-6-17)33-25(39)20-11-12-23(37)35-34-20;/h2-10,21-22,24,31,38H,11-16H2,1H3,(H,32,40)(H,33,39)(H,35,37);1H4/t21-,22-,24-;/m0./s1. The van der Waals surface area contributed by atoms with E-state index in [0.29, 0.717) is 10.5 Å². The molecule has 0 saturated carbocycles. The van der Waals surface area contributed by atoms with Crippen molar-refractivity contribution in [3.8, 4) is 0 Å². The highest BCUT2D eigenvalue weighted by Crippen LogP contribution is 2.33. The average Bonchev–Trinajstić information content (AvgIpc) is 3.31. The van der Waals surface area contributed by atoms with Gasteiger partial charge in [-0.05, 0) is 29.7 Å². The lowest BCUT2D eigenvalue weighted by atomic mass is 9.99. The number of aliphatic hydroxyl groups is 1. The van der Waals surface area contributed by atoms with Crippen molar-refractivity contribution >= 4 is 35.0 Å². The molecule has 3 atom stereocenters. The summed E-state index contributed by atoms with van der Waals surface area (Å²) in [6.07, 6.45) is -2.77. The van der Waals surface area contributed by atoms with Crippen molar-refractivity contribution in [3.63, 3.8) is 0 Å². The van der Waals surface area contributed by atoms with Gasteiger partial charge in [-0.3, -0.25) is 19.2 Å². The number of anilines is 1. The van der Waals surface area contributed by atoms with Gasteiger partial charge in [0.25, 0.3) is 17.7 Å². The van der Waals surface area contributed by atoms with Crippen LogP contribution >= 0.6 is 0 Å². The van der Waals surface area contributed by atoms with E-state index in [4.69, 9.17) is 0 Å². The summed E-state index contributed by atoms with van der Waals surface area (Å²) in [4.78, 5) is 51.4. The van der Waals surface area contributed by atoms with Gasteiger partial charge in [0.15, 0.2) is 6.10 Å². The normalized spacial score (nSPS) is 19.0. The molecule has 2 aromatic carbocycles. The molecule has 2 heterocycles. The molecule has 4 amide bonds. The number of hydrogen-bond donors (Lipinski definition) is 5. The molecule has 226 valence electrons. The molecule has 2 aliphatic rings. The van der Waals surface area contributed by atoms with Crippen molar-refractivity contribution in [3.05, 3.63) is 65.7 Å². The van der Waals surface area contributed by atoms with E-state index in [0.717, 1.165) is 11.3 Å². The van der Waals surface area contributed by atoms with Gasteiger partial charge in [0.1, 0.15) is 11.8 Å². The molecule has 0 radical (unpaired) electrons. The Morgan fingerprint density at radius 2 is 1.79 bits per heavy atom. The molecular formula is C29H36F2N6O5. The Morgan fingerprint density at radius 3 is 2.40 bits per heavy atom. The lowest BCUT2D eigenvalue weighted by Crippen LogP contribution is -2.56. The van der Waals surface area contributed by atoms with E-state index in [-0.39, 0.29) is 44.9 Å². The predicted octanol–water partition coefficient (Wildman–Crippen LogP) is 1.57. The summed E-state index contributed by atoms with van der Waals surface area (Å²) in [6, 6.07) is 13.0. The number of hydrazone groups is 1. The summed E-state index contributed by atoms with van der Waals surface area (Å²) < 4.78 is 29.1. The van der Waals surface area contributed by atoms with Crippen LogP contribution in [0, 0.1) is 0 Å². The van der Waals surface area contributed by atoms with Crippen LogP contribution in [0.3, 0.4) is 0 Å². The van der Waals surface area contributed by atoms with Crippen LogP contribution in [-0.4, -0.2) is 77.0 Å². The Hall–Kier alpha value is -4.39. The molecule has 0 spiro atoms. The number of nitrogens with one attached hydrogen (secondary N) is 4. The van der Waals surface area contributed by atoms with Crippen LogP contribution in [0.4, 0.5) is 14.5 Å². The summed E-state index contributed by atoms with van der Waals surface area (Å²) in [5.74, 6) is -6.31. The summed E-state index contributed by atoms with van der Waals surface area (Å²) in [5, 5.41) is 23.0. The Balaban J connectivity index is 0.00000484. The van der Waals surface area contributed by atoms with Crippen LogP contribution in [0.25, 0.3) is 0 Å². The minimum atomic E-state index is -3.35. The molecule has 42 heavy (non-hydrogen) atoms. The second-order valence-corrected chi connectivity index (χ2v) is 10.0. The van der Waals surface area contributed by atoms with E-state index in [1.54, 1.807) is 61.6 Å². The second-order valence-electron chi connectivity index (χ2n) is 10.0. The number of halogens is 2. The highest BCUT2D eigenvalue weighted by molar-refractivity contribution is 6.39. The van der Waals surface area contributed by atoms with Gasteiger partial charge in [0, 0.05) is 38.5 Å². The molecule has 0 bridgehead atoms. The molecule has 2 aromatic rings. The first-order valence-electron chi connectivity index (χ1n) is 13.2. The maximum absolute atomic E-state index is 14.5. The summed E-state index contributed by atoms with van der Waals surface area (Å²) in [6.45, 7) is -0.997. The molecule has 0 aliphatic carbocycles. The molecule has 13 heteroatoms. The number of rotatable bonds is 10. The number of alkyl halides is 2. The number of hydrogen-bond acceptors (Lipinski definition) is 7. The fraction of sp³-hybridized carbons (Fsp3) is 0.414. The van der Waals surface area contributed by atoms with Gasteiger partial charge in [-0.15, -0.1) is 0 Å². The van der Waals surface area contributed by atoms with Gasteiger partial charge < -0.3 is 26.0 Å². The number of nitrogens with zero attached hydrogens (tertiary/aromatic N) is 2. The predicted molar refractivity (Wildman–Crippen MR) is 153 cm³/mol. The fourth-order valence-corrected chi connectivity index (χ4v) is 4.72. The zero-order valence-corrected chi connectivity index (χ0v) is 22.4. The quantitative estimate of drug-likeness (QED) is 0.285. The first kappa shape index (κ1) is 32.1. The number of carbonyl (C=O) groups excluding carboxylic acids is 4. The second kappa shape index (κ2) is 14.0. The van der Waals surface area contributed by atoms with E-state index in [9.17, 15) is 33.1 Å². The van der Waals surface area contributed by atoms with Crippen LogP contribution in [0.1, 0.15) is 37.8 Å². The van der Waals surface area contributed by atoms with Crippen molar-refractivity contribution in [2.45, 2.75) is 63.8 Å². The van der Waals surface area contributed by atoms with Crippen LogP contribution in [-0.2, 0) is 32.1 Å². The van der Waals surface area contributed by atoms with E-state index >= 15 is 0 Å². The van der Waals surface area contributed by atoms with Crippen LogP contribution in [0.5, 0.6) is 0 Å². The van der Waals surface area contributed by atoms with Gasteiger partial charge >= 0.3 is 0 Å². The van der Waals surface area contributed by atoms with Crippen LogP contribution in [0.15, 0.2) is 59.7 Å². The minimum Gasteiger partial charge on any atom is -0.388 e. The zero-order chi connectivity index (χ0) is 29.6. The fourth-order valence-electron chi connectivity index (χ4n) is 4.72. The maximum Gasteiger partial charge on any atom is 0.267 e. The third-order valence-corrected chi connectivity index (χ3v) is 6.98. The van der Waals surface area contributed by atoms with Gasteiger partial charge in [-0.2, -0.15) is 5.10 Å². The van der Waals surface area contributed by atoms with Crippen molar-refractivity contribution in [1.29, 1.82) is 0 Å². The van der Waals surface area contributed by atoms with Gasteiger partial charge in [-0.25, -0.2) is 14.2 Å². The van der Waals surface area contributed by atoms with E-state index < -0.39 is 54.8 Å². The first-order chi connectivity index (χ1) is 19.6. The third kappa shape index (κ3) is 8.09.